The van der Waals surface area contributed by atoms with Gasteiger partial charge in [-0.25, -0.2) is 0 Å². The van der Waals surface area contributed by atoms with E-state index >= 15 is 0 Å². The van der Waals surface area contributed by atoms with Crippen LogP contribution >= 0.6 is 23.4 Å². The Morgan fingerprint density at radius 1 is 1.33 bits per heavy atom. The zero-order chi connectivity index (χ0) is 12.8. The van der Waals surface area contributed by atoms with Crippen LogP contribution in [0.25, 0.3) is 0 Å². The van der Waals surface area contributed by atoms with Crippen LogP contribution in [0, 0.1) is 0 Å². The van der Waals surface area contributed by atoms with Gasteiger partial charge in [-0.3, -0.25) is 0 Å². The number of phenolic OH excluding ortho intramolecular Hbond substituents is 1. The third-order valence-corrected chi connectivity index (χ3v) is 4.34. The van der Waals surface area contributed by atoms with Crippen molar-refractivity contribution in [1.82, 2.24) is 10.2 Å². The van der Waals surface area contributed by atoms with Gasteiger partial charge in [0.2, 0.25) is 0 Å². The van der Waals surface area contributed by atoms with Crippen molar-refractivity contribution >= 4 is 23.4 Å². The predicted molar refractivity (Wildman–Crippen MR) is 78.6 cm³/mol. The smallest absolute Gasteiger partial charge is 0.138 e. The van der Waals surface area contributed by atoms with Crippen molar-refractivity contribution in [2.75, 3.05) is 37.7 Å². The fourth-order valence-electron chi connectivity index (χ4n) is 1.99. The van der Waals surface area contributed by atoms with Gasteiger partial charge < -0.3 is 15.3 Å². The standard InChI is InChI=1S/C13H19ClN2OS/c14-12-3-1-2-11(13(12)17)10-15-4-5-16-6-8-18-9-7-16/h1-3,15,17H,4-10H2. The number of benzene rings is 1. The highest BCUT2D eigenvalue weighted by Gasteiger charge is 2.09. The number of nitrogens with zero attached hydrogens (tertiary/aromatic N) is 1. The van der Waals surface area contributed by atoms with Crippen LogP contribution in [-0.2, 0) is 6.54 Å². The second kappa shape index (κ2) is 7.24. The molecule has 1 heterocycles. The van der Waals surface area contributed by atoms with Gasteiger partial charge >= 0.3 is 0 Å². The Kier molecular flexibility index (Phi) is 5.63. The molecule has 0 bridgehead atoms. The Bertz CT molecular complexity index is 383. The van der Waals surface area contributed by atoms with Crippen molar-refractivity contribution < 1.29 is 5.11 Å². The van der Waals surface area contributed by atoms with Crippen LogP contribution in [-0.4, -0.2) is 47.7 Å². The van der Waals surface area contributed by atoms with Crippen LogP contribution in [0.4, 0.5) is 0 Å². The molecule has 100 valence electrons. The maximum Gasteiger partial charge on any atom is 0.138 e. The lowest BCUT2D eigenvalue weighted by molar-refractivity contribution is 0.300. The largest absolute Gasteiger partial charge is 0.506 e. The number of nitrogens with one attached hydrogen (secondary N) is 1. The highest BCUT2D eigenvalue weighted by atomic mass is 35.5. The summed E-state index contributed by atoms with van der Waals surface area (Å²) in [6.07, 6.45) is 0. The van der Waals surface area contributed by atoms with E-state index in [2.05, 4.69) is 10.2 Å². The molecule has 1 aromatic carbocycles. The minimum absolute atomic E-state index is 0.195. The molecule has 1 aromatic rings. The van der Waals surface area contributed by atoms with Crippen LogP contribution in [0.1, 0.15) is 5.56 Å². The molecule has 0 amide bonds. The van der Waals surface area contributed by atoms with Gasteiger partial charge in [-0.05, 0) is 6.07 Å². The summed E-state index contributed by atoms with van der Waals surface area (Å²) in [4.78, 5) is 2.47. The summed E-state index contributed by atoms with van der Waals surface area (Å²) in [5.41, 5.74) is 0.858. The van der Waals surface area contributed by atoms with Gasteiger partial charge in [0, 0.05) is 49.8 Å². The Hall–Kier alpha value is -0.420. The average Bonchev–Trinajstić information content (AvgIpc) is 2.40. The number of thioether (sulfide) groups is 1. The second-order valence-corrected chi connectivity index (χ2v) is 6.01. The van der Waals surface area contributed by atoms with Crippen LogP contribution < -0.4 is 5.32 Å². The molecule has 2 N–H and O–H groups in total. The van der Waals surface area contributed by atoms with Crippen LogP contribution in [0.5, 0.6) is 5.75 Å². The molecule has 2 rings (SSSR count). The quantitative estimate of drug-likeness (QED) is 0.814. The van der Waals surface area contributed by atoms with E-state index in [4.69, 9.17) is 11.6 Å². The third kappa shape index (κ3) is 4.05. The number of rotatable bonds is 5. The summed E-state index contributed by atoms with van der Waals surface area (Å²) < 4.78 is 0. The van der Waals surface area contributed by atoms with E-state index in [0.29, 0.717) is 11.6 Å². The molecule has 0 spiro atoms. The van der Waals surface area contributed by atoms with Gasteiger partial charge in [-0.1, -0.05) is 23.7 Å². The summed E-state index contributed by atoms with van der Waals surface area (Å²) in [5.74, 6) is 2.69. The third-order valence-electron chi connectivity index (χ3n) is 3.09. The minimum Gasteiger partial charge on any atom is -0.506 e. The summed E-state index contributed by atoms with van der Waals surface area (Å²) in [7, 11) is 0. The first-order valence-corrected chi connectivity index (χ1v) is 7.78. The van der Waals surface area contributed by atoms with Crippen molar-refractivity contribution in [2.45, 2.75) is 6.54 Å². The van der Waals surface area contributed by atoms with E-state index in [1.54, 1.807) is 6.07 Å². The first-order chi connectivity index (χ1) is 8.77. The molecule has 0 unspecified atom stereocenters. The Balaban J connectivity index is 1.70. The van der Waals surface area contributed by atoms with Gasteiger partial charge in [0.15, 0.2) is 0 Å². The molecule has 1 aliphatic rings. The molecule has 1 saturated heterocycles. The highest BCUT2D eigenvalue weighted by molar-refractivity contribution is 7.99. The van der Waals surface area contributed by atoms with Crippen molar-refractivity contribution in [3.63, 3.8) is 0 Å². The average molecular weight is 287 g/mol. The van der Waals surface area contributed by atoms with Crippen molar-refractivity contribution in [3.8, 4) is 5.75 Å². The fourth-order valence-corrected chi connectivity index (χ4v) is 3.16. The van der Waals surface area contributed by atoms with Gasteiger partial charge in [0.05, 0.1) is 5.02 Å². The SMILES string of the molecule is Oc1c(Cl)cccc1CNCCN1CCSCC1. The summed E-state index contributed by atoms with van der Waals surface area (Å²) in [5, 5.41) is 13.5. The summed E-state index contributed by atoms with van der Waals surface area (Å²) in [6.45, 7) is 5.05. The van der Waals surface area contributed by atoms with Crippen LogP contribution in [0.2, 0.25) is 5.02 Å². The molecule has 1 aliphatic heterocycles. The predicted octanol–water partition coefficient (Wildman–Crippen LogP) is 2.18. The lowest BCUT2D eigenvalue weighted by Crippen LogP contribution is -2.37. The van der Waals surface area contributed by atoms with Gasteiger partial charge in [0.1, 0.15) is 5.75 Å². The molecule has 3 nitrogen and oxygen atoms in total. The topological polar surface area (TPSA) is 35.5 Å². The number of phenols is 1. The van der Waals surface area contributed by atoms with Gasteiger partial charge in [0.25, 0.3) is 0 Å². The van der Waals surface area contributed by atoms with Crippen molar-refractivity contribution in [1.29, 1.82) is 0 Å². The molecule has 0 atom stereocenters. The van der Waals surface area contributed by atoms with E-state index in [0.717, 1.165) is 18.7 Å². The number of hydrogen-bond acceptors (Lipinski definition) is 4. The molecule has 0 radical (unpaired) electrons. The van der Waals surface area contributed by atoms with E-state index in [1.807, 2.05) is 23.9 Å². The molecular weight excluding hydrogens is 268 g/mol. The molecule has 18 heavy (non-hydrogen) atoms. The molecule has 0 aliphatic carbocycles. The maximum absolute atomic E-state index is 9.76. The Morgan fingerprint density at radius 3 is 2.89 bits per heavy atom. The van der Waals surface area contributed by atoms with E-state index in [1.165, 1.54) is 24.6 Å². The maximum atomic E-state index is 9.76. The Morgan fingerprint density at radius 2 is 2.11 bits per heavy atom. The molecule has 0 saturated carbocycles. The molecule has 0 aromatic heterocycles. The fraction of sp³-hybridized carbons (Fsp3) is 0.538. The zero-order valence-electron chi connectivity index (χ0n) is 10.4. The minimum atomic E-state index is 0.195. The second-order valence-electron chi connectivity index (χ2n) is 4.38. The van der Waals surface area contributed by atoms with Crippen molar-refractivity contribution in [3.05, 3.63) is 28.8 Å². The molecule has 1 fully saturated rings. The zero-order valence-corrected chi connectivity index (χ0v) is 11.9. The lowest BCUT2D eigenvalue weighted by Gasteiger charge is -2.26. The summed E-state index contributed by atoms with van der Waals surface area (Å²) in [6, 6.07) is 5.46. The first kappa shape index (κ1) is 14.0. The number of para-hydroxylation sites is 1. The monoisotopic (exact) mass is 286 g/mol. The lowest BCUT2D eigenvalue weighted by atomic mass is 10.2. The van der Waals surface area contributed by atoms with Crippen LogP contribution in [0.3, 0.4) is 0 Å². The first-order valence-electron chi connectivity index (χ1n) is 6.24. The van der Waals surface area contributed by atoms with Crippen LogP contribution in [0.15, 0.2) is 18.2 Å². The number of halogens is 1. The van der Waals surface area contributed by atoms with E-state index < -0.39 is 0 Å². The van der Waals surface area contributed by atoms with Gasteiger partial charge in [-0.2, -0.15) is 11.8 Å². The van der Waals surface area contributed by atoms with Crippen molar-refractivity contribution in [2.24, 2.45) is 0 Å². The highest BCUT2D eigenvalue weighted by Crippen LogP contribution is 2.26. The van der Waals surface area contributed by atoms with Gasteiger partial charge in [-0.15, -0.1) is 0 Å². The Labute approximate surface area is 118 Å². The number of aromatic hydroxyl groups is 1. The van der Waals surface area contributed by atoms with E-state index in [9.17, 15) is 5.11 Å². The number of hydrogen-bond donors (Lipinski definition) is 2. The molecule has 5 heteroatoms. The normalized spacial score (nSPS) is 16.9. The summed E-state index contributed by atoms with van der Waals surface area (Å²) >= 11 is 7.89. The molecular formula is C13H19ClN2OS. The van der Waals surface area contributed by atoms with E-state index in [-0.39, 0.29) is 5.75 Å².